The van der Waals surface area contributed by atoms with E-state index in [1.807, 2.05) is 0 Å². The number of anilines is 1. The Balaban J connectivity index is 2.05. The van der Waals surface area contributed by atoms with Gasteiger partial charge in [-0.2, -0.15) is 18.4 Å². The number of benzene rings is 1. The van der Waals surface area contributed by atoms with Gasteiger partial charge >= 0.3 is 6.18 Å². The van der Waals surface area contributed by atoms with Crippen LogP contribution in [0.15, 0.2) is 30.5 Å². The molecule has 0 radical (unpaired) electrons. The molecule has 1 aliphatic rings. The molecule has 7 heteroatoms. The molecule has 1 saturated heterocycles. The number of nitrogens with zero attached hydrogens (tertiary/aromatic N) is 3. The lowest BCUT2D eigenvalue weighted by molar-refractivity contribution is -0.177. The highest BCUT2D eigenvalue weighted by Gasteiger charge is 2.44. The number of rotatable bonds is 1. The second-order valence-corrected chi connectivity index (χ2v) is 5.78. The molecule has 1 aromatic heterocycles. The number of piperidine rings is 1. The Morgan fingerprint density at radius 3 is 2.74 bits per heavy atom. The largest absolute Gasteiger partial charge is 0.393 e. The first-order valence-electron chi connectivity index (χ1n) is 7.25. The number of pyridine rings is 1. The van der Waals surface area contributed by atoms with Gasteiger partial charge in [0, 0.05) is 36.4 Å². The molecule has 1 aromatic carbocycles. The van der Waals surface area contributed by atoms with Crippen molar-refractivity contribution in [2.24, 2.45) is 11.7 Å². The zero-order valence-electron chi connectivity index (χ0n) is 12.2. The molecule has 3 rings (SSSR count). The fourth-order valence-electron chi connectivity index (χ4n) is 3.10. The van der Waals surface area contributed by atoms with Crippen LogP contribution < -0.4 is 10.6 Å². The molecular weight excluding hydrogens is 305 g/mol. The summed E-state index contributed by atoms with van der Waals surface area (Å²) in [6, 6.07) is 8.25. The van der Waals surface area contributed by atoms with E-state index in [9.17, 15) is 13.2 Å². The van der Waals surface area contributed by atoms with Crippen molar-refractivity contribution in [3.05, 3.63) is 36.0 Å². The number of nitrogens with two attached hydrogens (primary N) is 1. The Kier molecular flexibility index (Phi) is 3.86. The summed E-state index contributed by atoms with van der Waals surface area (Å²) in [6.07, 6.45) is -2.77. The lowest BCUT2D eigenvalue weighted by Crippen LogP contribution is -2.51. The third kappa shape index (κ3) is 2.94. The molecule has 0 saturated carbocycles. The van der Waals surface area contributed by atoms with E-state index in [2.05, 4.69) is 11.1 Å². The highest BCUT2D eigenvalue weighted by molar-refractivity contribution is 5.95. The van der Waals surface area contributed by atoms with Gasteiger partial charge in [0.15, 0.2) is 0 Å². The van der Waals surface area contributed by atoms with Crippen molar-refractivity contribution in [1.29, 1.82) is 5.26 Å². The molecule has 2 aromatic rings. The Morgan fingerprint density at radius 2 is 2.04 bits per heavy atom. The van der Waals surface area contributed by atoms with Gasteiger partial charge in [-0.3, -0.25) is 4.98 Å². The van der Waals surface area contributed by atoms with Crippen molar-refractivity contribution in [2.45, 2.75) is 18.6 Å². The molecule has 0 spiro atoms. The summed E-state index contributed by atoms with van der Waals surface area (Å²) in [5.41, 5.74) is 7.37. The summed E-state index contributed by atoms with van der Waals surface area (Å²) >= 11 is 0. The Bertz CT molecular complexity index is 766. The van der Waals surface area contributed by atoms with E-state index in [1.54, 1.807) is 35.4 Å². The van der Waals surface area contributed by atoms with Gasteiger partial charge in [0.2, 0.25) is 0 Å². The van der Waals surface area contributed by atoms with E-state index in [0.29, 0.717) is 28.7 Å². The molecule has 120 valence electrons. The van der Waals surface area contributed by atoms with Crippen LogP contribution in [-0.4, -0.2) is 30.3 Å². The third-order valence-corrected chi connectivity index (χ3v) is 4.15. The minimum atomic E-state index is -4.27. The topological polar surface area (TPSA) is 65.9 Å². The van der Waals surface area contributed by atoms with Crippen LogP contribution in [-0.2, 0) is 0 Å². The monoisotopic (exact) mass is 320 g/mol. The number of nitriles is 1. The van der Waals surface area contributed by atoms with Crippen LogP contribution in [0.2, 0.25) is 0 Å². The molecular formula is C16H15F3N4. The van der Waals surface area contributed by atoms with Gasteiger partial charge in [-0.15, -0.1) is 0 Å². The maximum atomic E-state index is 13.1. The smallest absolute Gasteiger partial charge is 0.369 e. The Hall–Kier alpha value is -2.33. The normalized spacial score (nSPS) is 22.1. The molecule has 2 atom stereocenters. The van der Waals surface area contributed by atoms with Crippen LogP contribution in [0.25, 0.3) is 10.9 Å². The molecule has 4 nitrogen and oxygen atoms in total. The highest BCUT2D eigenvalue weighted by Crippen LogP contribution is 2.36. The van der Waals surface area contributed by atoms with Crippen LogP contribution in [0.5, 0.6) is 0 Å². The van der Waals surface area contributed by atoms with Gasteiger partial charge < -0.3 is 10.6 Å². The third-order valence-electron chi connectivity index (χ3n) is 4.15. The number of fused-ring (bicyclic) bond motifs is 1. The van der Waals surface area contributed by atoms with Crippen molar-refractivity contribution in [3.8, 4) is 6.07 Å². The average molecular weight is 320 g/mol. The predicted molar refractivity (Wildman–Crippen MR) is 80.8 cm³/mol. The number of aromatic nitrogens is 1. The maximum Gasteiger partial charge on any atom is 0.393 e. The standard InChI is InChI=1S/C16H15F3N4/c17-16(18,19)11-6-12(21)9-23(8-11)14-4-3-10(7-20)15-13(14)2-1-5-22-15/h1-5,11-12H,6,8-9,21H2/t11-,12-/m1/s1. The summed E-state index contributed by atoms with van der Waals surface area (Å²) in [5, 5.41) is 9.82. The van der Waals surface area contributed by atoms with E-state index in [1.165, 1.54) is 0 Å². The summed E-state index contributed by atoms with van der Waals surface area (Å²) in [6.45, 7) is 0.218. The van der Waals surface area contributed by atoms with Crippen LogP contribution in [0.1, 0.15) is 12.0 Å². The van der Waals surface area contributed by atoms with Crippen LogP contribution in [0.3, 0.4) is 0 Å². The number of hydrogen-bond acceptors (Lipinski definition) is 4. The van der Waals surface area contributed by atoms with Gasteiger partial charge in [0.05, 0.1) is 17.0 Å². The lowest BCUT2D eigenvalue weighted by Gasteiger charge is -2.38. The van der Waals surface area contributed by atoms with Crippen LogP contribution >= 0.6 is 0 Å². The van der Waals surface area contributed by atoms with Gasteiger partial charge in [-0.05, 0) is 30.7 Å². The van der Waals surface area contributed by atoms with Gasteiger partial charge in [-0.25, -0.2) is 0 Å². The molecule has 0 amide bonds. The summed E-state index contributed by atoms with van der Waals surface area (Å²) < 4.78 is 39.3. The zero-order valence-corrected chi connectivity index (χ0v) is 12.2. The van der Waals surface area contributed by atoms with Crippen molar-refractivity contribution >= 4 is 16.6 Å². The van der Waals surface area contributed by atoms with Crippen molar-refractivity contribution < 1.29 is 13.2 Å². The zero-order chi connectivity index (χ0) is 16.6. The minimum Gasteiger partial charge on any atom is -0.369 e. The SMILES string of the molecule is N#Cc1ccc(N2C[C@H](N)C[C@@H](C(F)(F)F)C2)c2cccnc12. The van der Waals surface area contributed by atoms with Crippen LogP contribution in [0, 0.1) is 17.2 Å². The molecule has 0 unspecified atom stereocenters. The second kappa shape index (κ2) is 5.70. The average Bonchev–Trinajstić information content (AvgIpc) is 2.52. The highest BCUT2D eigenvalue weighted by atomic mass is 19.4. The number of halogens is 3. The first-order valence-corrected chi connectivity index (χ1v) is 7.25. The van der Waals surface area contributed by atoms with Crippen LogP contribution in [0.4, 0.5) is 18.9 Å². The molecule has 0 bridgehead atoms. The van der Waals surface area contributed by atoms with Crippen molar-refractivity contribution in [1.82, 2.24) is 4.98 Å². The number of alkyl halides is 3. The minimum absolute atomic E-state index is 0.0630. The first-order chi connectivity index (χ1) is 10.9. The van der Waals surface area contributed by atoms with Gasteiger partial charge in [-0.1, -0.05) is 0 Å². The number of hydrogen-bond donors (Lipinski definition) is 1. The molecule has 0 aliphatic carbocycles. The molecule has 23 heavy (non-hydrogen) atoms. The maximum absolute atomic E-state index is 13.1. The molecule has 1 fully saturated rings. The summed E-state index contributed by atoms with van der Waals surface area (Å²) in [7, 11) is 0. The molecule has 2 N–H and O–H groups in total. The van der Waals surface area contributed by atoms with E-state index in [-0.39, 0.29) is 13.0 Å². The quantitative estimate of drug-likeness (QED) is 0.877. The summed E-state index contributed by atoms with van der Waals surface area (Å²) in [4.78, 5) is 5.84. The Morgan fingerprint density at radius 1 is 1.26 bits per heavy atom. The van der Waals surface area contributed by atoms with Crippen molar-refractivity contribution in [2.75, 3.05) is 18.0 Å². The van der Waals surface area contributed by atoms with Crippen molar-refractivity contribution in [3.63, 3.8) is 0 Å². The molecule has 2 heterocycles. The van der Waals surface area contributed by atoms with Gasteiger partial charge in [0.25, 0.3) is 0 Å². The van der Waals surface area contributed by atoms with Gasteiger partial charge in [0.1, 0.15) is 6.07 Å². The lowest BCUT2D eigenvalue weighted by atomic mass is 9.93. The Labute approximate surface area is 131 Å². The van der Waals surface area contributed by atoms with E-state index >= 15 is 0 Å². The van der Waals surface area contributed by atoms with E-state index in [4.69, 9.17) is 11.0 Å². The predicted octanol–water partition coefficient (Wildman–Crippen LogP) is 2.82. The second-order valence-electron chi connectivity index (χ2n) is 5.78. The fourth-order valence-corrected chi connectivity index (χ4v) is 3.10. The van der Waals surface area contributed by atoms with E-state index < -0.39 is 18.1 Å². The summed E-state index contributed by atoms with van der Waals surface area (Å²) in [5.74, 6) is -1.45. The fraction of sp³-hybridized carbons (Fsp3) is 0.375. The molecule has 1 aliphatic heterocycles. The van der Waals surface area contributed by atoms with E-state index in [0.717, 1.165) is 0 Å². The first kappa shape index (κ1) is 15.6.